The van der Waals surface area contributed by atoms with Gasteiger partial charge in [-0.3, -0.25) is 5.32 Å². The molecule has 1 aromatic carbocycles. The zero-order chi connectivity index (χ0) is 15.4. The number of carbonyl (C=O) groups is 1. The number of hydrogen-bond donors (Lipinski definition) is 2. The van der Waals surface area contributed by atoms with Crippen molar-refractivity contribution in [1.82, 2.24) is 9.97 Å². The quantitative estimate of drug-likeness (QED) is 0.746. The predicted molar refractivity (Wildman–Crippen MR) is 88.3 cm³/mol. The minimum atomic E-state index is -0.614. The molecule has 0 aliphatic rings. The van der Waals surface area contributed by atoms with Crippen molar-refractivity contribution >= 4 is 44.6 Å². The van der Waals surface area contributed by atoms with Crippen LogP contribution >= 0.6 is 22.7 Å². The molecule has 3 rings (SSSR count). The second-order valence-electron chi connectivity index (χ2n) is 4.29. The van der Waals surface area contributed by atoms with E-state index in [-0.39, 0.29) is 5.88 Å². The lowest BCUT2D eigenvalue weighted by molar-refractivity contribution is 0.214. The Morgan fingerprint density at radius 3 is 2.77 bits per heavy atom. The number of ether oxygens (including phenoxy) is 1. The summed E-state index contributed by atoms with van der Waals surface area (Å²) in [5, 5.41) is 8.75. The van der Waals surface area contributed by atoms with E-state index >= 15 is 0 Å². The molecule has 2 aromatic heterocycles. The molecule has 0 fully saturated rings. The maximum Gasteiger partial charge on any atom is 0.420 e. The van der Waals surface area contributed by atoms with Crippen molar-refractivity contribution in [2.45, 2.75) is 6.92 Å². The first-order valence-corrected chi connectivity index (χ1v) is 8.13. The standard InChI is InChI=1S/C14H12N4O2S2/c1-9-7-21-13(16-9)18-14(19)20-11-12(22-8-15-11)17-10-5-3-2-4-6-10/h2-8,17H,1H3,(H,16,18,19). The number of nitrogens with one attached hydrogen (secondary N) is 2. The molecule has 1 amide bonds. The van der Waals surface area contributed by atoms with Gasteiger partial charge in [0.05, 0.1) is 11.2 Å². The van der Waals surface area contributed by atoms with Gasteiger partial charge in [0.1, 0.15) is 0 Å². The number of amides is 1. The van der Waals surface area contributed by atoms with Gasteiger partial charge in [0.25, 0.3) is 5.88 Å². The van der Waals surface area contributed by atoms with E-state index in [0.717, 1.165) is 11.4 Å². The van der Waals surface area contributed by atoms with Crippen molar-refractivity contribution < 1.29 is 9.53 Å². The molecule has 2 heterocycles. The van der Waals surface area contributed by atoms with Crippen LogP contribution in [0, 0.1) is 6.92 Å². The van der Waals surface area contributed by atoms with Crippen molar-refractivity contribution in [3.63, 3.8) is 0 Å². The lowest BCUT2D eigenvalue weighted by Gasteiger charge is -2.06. The highest BCUT2D eigenvalue weighted by atomic mass is 32.1. The predicted octanol–water partition coefficient (Wildman–Crippen LogP) is 4.26. The average Bonchev–Trinajstić information content (AvgIpc) is 3.10. The van der Waals surface area contributed by atoms with Gasteiger partial charge in [0, 0.05) is 11.1 Å². The van der Waals surface area contributed by atoms with Crippen LogP contribution in [-0.2, 0) is 0 Å². The van der Waals surface area contributed by atoms with Crippen molar-refractivity contribution in [2.75, 3.05) is 10.6 Å². The van der Waals surface area contributed by atoms with Gasteiger partial charge in [-0.1, -0.05) is 18.2 Å². The van der Waals surface area contributed by atoms with E-state index in [2.05, 4.69) is 20.6 Å². The van der Waals surface area contributed by atoms with Crippen LogP contribution in [0.1, 0.15) is 5.69 Å². The lowest BCUT2D eigenvalue weighted by atomic mass is 10.3. The van der Waals surface area contributed by atoms with Crippen LogP contribution in [0.15, 0.2) is 41.2 Å². The highest BCUT2D eigenvalue weighted by Crippen LogP contribution is 2.31. The molecular formula is C14H12N4O2S2. The van der Waals surface area contributed by atoms with Gasteiger partial charge in [-0.25, -0.2) is 14.8 Å². The van der Waals surface area contributed by atoms with Crippen LogP contribution in [0.2, 0.25) is 0 Å². The highest BCUT2D eigenvalue weighted by Gasteiger charge is 2.14. The Labute approximate surface area is 134 Å². The van der Waals surface area contributed by atoms with Gasteiger partial charge >= 0.3 is 6.09 Å². The average molecular weight is 332 g/mol. The van der Waals surface area contributed by atoms with Crippen molar-refractivity contribution in [2.24, 2.45) is 0 Å². The first-order valence-electron chi connectivity index (χ1n) is 6.37. The summed E-state index contributed by atoms with van der Waals surface area (Å²) in [5.74, 6) is 0.236. The summed E-state index contributed by atoms with van der Waals surface area (Å²) in [6.07, 6.45) is -0.614. The molecule has 2 N–H and O–H groups in total. The van der Waals surface area contributed by atoms with Crippen molar-refractivity contribution in [1.29, 1.82) is 0 Å². The number of thiazole rings is 2. The molecule has 0 bridgehead atoms. The summed E-state index contributed by atoms with van der Waals surface area (Å²) in [6, 6.07) is 9.60. The third kappa shape index (κ3) is 3.60. The Morgan fingerprint density at radius 2 is 2.05 bits per heavy atom. The summed E-state index contributed by atoms with van der Waals surface area (Å²) in [6.45, 7) is 1.86. The van der Waals surface area contributed by atoms with Gasteiger partial charge in [-0.2, -0.15) is 0 Å². The fourth-order valence-corrected chi connectivity index (χ4v) is 2.96. The number of aryl methyl sites for hydroxylation is 1. The van der Waals surface area contributed by atoms with Gasteiger partial charge in [0.15, 0.2) is 10.1 Å². The van der Waals surface area contributed by atoms with E-state index in [1.165, 1.54) is 22.7 Å². The van der Waals surface area contributed by atoms with Crippen molar-refractivity contribution in [3.05, 3.63) is 46.9 Å². The van der Waals surface area contributed by atoms with Crippen LogP contribution in [0.4, 0.5) is 20.6 Å². The number of benzene rings is 1. The minimum Gasteiger partial charge on any atom is -0.388 e. The molecule has 8 heteroatoms. The van der Waals surface area contributed by atoms with E-state index in [0.29, 0.717) is 10.1 Å². The van der Waals surface area contributed by atoms with E-state index in [9.17, 15) is 4.79 Å². The van der Waals surface area contributed by atoms with E-state index in [4.69, 9.17) is 4.74 Å². The Morgan fingerprint density at radius 1 is 1.23 bits per heavy atom. The molecule has 0 saturated carbocycles. The number of anilines is 3. The van der Waals surface area contributed by atoms with Gasteiger partial charge in [0.2, 0.25) is 0 Å². The number of rotatable bonds is 4. The molecule has 22 heavy (non-hydrogen) atoms. The summed E-state index contributed by atoms with van der Waals surface area (Å²) in [5.41, 5.74) is 3.36. The first-order chi connectivity index (χ1) is 10.7. The molecule has 0 saturated heterocycles. The Bertz CT molecular complexity index is 770. The number of carbonyl (C=O) groups excluding carboxylic acids is 1. The number of nitrogens with zero attached hydrogens (tertiary/aromatic N) is 2. The summed E-state index contributed by atoms with van der Waals surface area (Å²) >= 11 is 2.70. The second-order valence-corrected chi connectivity index (χ2v) is 6.00. The van der Waals surface area contributed by atoms with Crippen molar-refractivity contribution in [3.8, 4) is 5.88 Å². The third-order valence-corrected chi connectivity index (χ3v) is 4.18. The van der Waals surface area contributed by atoms with Gasteiger partial charge in [-0.15, -0.1) is 22.7 Å². The third-order valence-electron chi connectivity index (χ3n) is 2.58. The maximum absolute atomic E-state index is 11.9. The normalized spacial score (nSPS) is 10.2. The van der Waals surface area contributed by atoms with E-state index < -0.39 is 6.09 Å². The zero-order valence-corrected chi connectivity index (χ0v) is 13.2. The monoisotopic (exact) mass is 332 g/mol. The SMILES string of the molecule is Cc1csc(NC(=O)Oc2ncsc2Nc2ccccc2)n1. The van der Waals surface area contributed by atoms with Crippen LogP contribution in [0.3, 0.4) is 0 Å². The molecule has 6 nitrogen and oxygen atoms in total. The number of hydrogen-bond acceptors (Lipinski definition) is 7. The maximum atomic E-state index is 11.9. The molecule has 0 unspecified atom stereocenters. The fourth-order valence-electron chi connectivity index (χ4n) is 1.66. The molecule has 0 aliphatic carbocycles. The summed E-state index contributed by atoms with van der Waals surface area (Å²) < 4.78 is 5.22. The minimum absolute atomic E-state index is 0.236. The fraction of sp³-hybridized carbons (Fsp3) is 0.0714. The highest BCUT2D eigenvalue weighted by molar-refractivity contribution is 7.14. The van der Waals surface area contributed by atoms with Crippen LogP contribution < -0.4 is 15.4 Å². The first kappa shape index (κ1) is 14.5. The Kier molecular flexibility index (Phi) is 4.31. The molecule has 0 radical (unpaired) electrons. The Hall–Kier alpha value is -2.45. The smallest absolute Gasteiger partial charge is 0.388 e. The van der Waals surface area contributed by atoms with Crippen LogP contribution in [-0.4, -0.2) is 16.1 Å². The largest absolute Gasteiger partial charge is 0.420 e. The van der Waals surface area contributed by atoms with E-state index in [1.54, 1.807) is 5.51 Å². The Balaban J connectivity index is 1.66. The number of para-hydroxylation sites is 1. The second kappa shape index (κ2) is 6.54. The molecule has 0 spiro atoms. The van der Waals surface area contributed by atoms with Gasteiger partial charge < -0.3 is 10.1 Å². The van der Waals surface area contributed by atoms with E-state index in [1.807, 2.05) is 42.6 Å². The molecule has 3 aromatic rings. The number of aromatic nitrogens is 2. The molecule has 0 aliphatic heterocycles. The molecule has 0 atom stereocenters. The van der Waals surface area contributed by atoms with Gasteiger partial charge in [-0.05, 0) is 19.1 Å². The summed E-state index contributed by atoms with van der Waals surface area (Å²) in [7, 11) is 0. The zero-order valence-electron chi connectivity index (χ0n) is 11.6. The molecule has 112 valence electrons. The summed E-state index contributed by atoms with van der Waals surface area (Å²) in [4.78, 5) is 20.1. The molecular weight excluding hydrogens is 320 g/mol. The topological polar surface area (TPSA) is 76.1 Å². The lowest BCUT2D eigenvalue weighted by Crippen LogP contribution is -2.17. The van der Waals surface area contributed by atoms with Crippen LogP contribution in [0.25, 0.3) is 0 Å². The van der Waals surface area contributed by atoms with Crippen LogP contribution in [0.5, 0.6) is 5.88 Å².